The first-order valence-electron chi connectivity index (χ1n) is 8.89. The van der Waals surface area contributed by atoms with Gasteiger partial charge in [0.2, 0.25) is 17.7 Å². The van der Waals surface area contributed by atoms with Gasteiger partial charge < -0.3 is 16.0 Å². The highest BCUT2D eigenvalue weighted by Crippen LogP contribution is 2.19. The molecule has 7 nitrogen and oxygen atoms in total. The van der Waals surface area contributed by atoms with Crippen LogP contribution < -0.4 is 11.1 Å². The number of hydrogen-bond donors (Lipinski definition) is 2. The fourth-order valence-electron chi connectivity index (χ4n) is 3.26. The zero-order chi connectivity index (χ0) is 19.3. The van der Waals surface area contributed by atoms with E-state index in [1.807, 2.05) is 32.0 Å². The minimum atomic E-state index is -0.358. The monoisotopic (exact) mass is 360 g/mol. The third-order valence-corrected chi connectivity index (χ3v) is 4.74. The Kier molecular flexibility index (Phi) is 6.74. The van der Waals surface area contributed by atoms with Gasteiger partial charge in [-0.2, -0.15) is 0 Å². The zero-order valence-corrected chi connectivity index (χ0v) is 15.7. The molecule has 0 radical (unpaired) electrons. The van der Waals surface area contributed by atoms with Gasteiger partial charge in [-0.05, 0) is 44.9 Å². The normalized spacial score (nSPS) is 17.2. The van der Waals surface area contributed by atoms with Crippen LogP contribution in [-0.4, -0.2) is 60.7 Å². The number of carbonyl (C=O) groups is 3. The molecule has 1 aliphatic heterocycles. The molecule has 1 aliphatic rings. The summed E-state index contributed by atoms with van der Waals surface area (Å²) in [6, 6.07) is 5.84. The SMILES string of the molecule is Cc1cccc(C)c1NC(=O)CN(C)CC(=O)N1CCC[C@@H](C(N)=O)C1. The lowest BCUT2D eigenvalue weighted by Gasteiger charge is -2.32. The molecule has 3 N–H and O–H groups in total. The van der Waals surface area contributed by atoms with Gasteiger partial charge in [0.05, 0.1) is 19.0 Å². The molecule has 26 heavy (non-hydrogen) atoms. The molecule has 7 heteroatoms. The number of likely N-dealkylation sites (tertiary alicyclic amines) is 1. The van der Waals surface area contributed by atoms with Crippen LogP contribution in [0, 0.1) is 19.8 Å². The van der Waals surface area contributed by atoms with E-state index in [2.05, 4.69) is 5.32 Å². The summed E-state index contributed by atoms with van der Waals surface area (Å²) in [5.41, 5.74) is 8.18. The second-order valence-electron chi connectivity index (χ2n) is 7.07. The van der Waals surface area contributed by atoms with E-state index in [0.29, 0.717) is 13.1 Å². The Morgan fingerprint density at radius 1 is 1.23 bits per heavy atom. The van der Waals surface area contributed by atoms with Crippen molar-refractivity contribution in [3.63, 3.8) is 0 Å². The van der Waals surface area contributed by atoms with Crippen LogP contribution in [0.5, 0.6) is 0 Å². The number of nitrogens with two attached hydrogens (primary N) is 1. The number of nitrogens with zero attached hydrogens (tertiary/aromatic N) is 2. The summed E-state index contributed by atoms with van der Waals surface area (Å²) in [7, 11) is 1.73. The summed E-state index contributed by atoms with van der Waals surface area (Å²) < 4.78 is 0. The fraction of sp³-hybridized carbons (Fsp3) is 0.526. The Labute approximate surface area is 154 Å². The Morgan fingerprint density at radius 2 is 1.88 bits per heavy atom. The molecule has 1 saturated heterocycles. The maximum Gasteiger partial charge on any atom is 0.238 e. The lowest BCUT2D eigenvalue weighted by molar-refractivity contribution is -0.135. The van der Waals surface area contributed by atoms with E-state index in [4.69, 9.17) is 5.73 Å². The van der Waals surface area contributed by atoms with Gasteiger partial charge in [-0.3, -0.25) is 19.3 Å². The molecule has 3 amide bonds. The quantitative estimate of drug-likeness (QED) is 0.788. The van der Waals surface area contributed by atoms with Crippen LogP contribution >= 0.6 is 0 Å². The molecule has 142 valence electrons. The van der Waals surface area contributed by atoms with Gasteiger partial charge in [0.1, 0.15) is 0 Å². The summed E-state index contributed by atoms with van der Waals surface area (Å²) in [5.74, 6) is -0.876. The molecule has 0 aromatic heterocycles. The average molecular weight is 360 g/mol. The minimum absolute atomic E-state index is 0.0849. The van der Waals surface area contributed by atoms with Crippen LogP contribution in [0.4, 0.5) is 5.69 Å². The second-order valence-corrected chi connectivity index (χ2v) is 7.07. The van der Waals surface area contributed by atoms with Crippen molar-refractivity contribution in [3.05, 3.63) is 29.3 Å². The minimum Gasteiger partial charge on any atom is -0.369 e. The number of nitrogens with one attached hydrogen (secondary N) is 1. The van der Waals surface area contributed by atoms with Gasteiger partial charge in [0.15, 0.2) is 0 Å². The van der Waals surface area contributed by atoms with Crippen LogP contribution in [0.1, 0.15) is 24.0 Å². The fourth-order valence-corrected chi connectivity index (χ4v) is 3.26. The number of likely N-dealkylation sites (N-methyl/N-ethyl adjacent to an activating group) is 1. The third kappa shape index (κ3) is 5.29. The first kappa shape index (κ1) is 19.9. The number of amides is 3. The summed E-state index contributed by atoms with van der Waals surface area (Å²) in [4.78, 5) is 39.4. The third-order valence-electron chi connectivity index (χ3n) is 4.74. The van der Waals surface area contributed by atoms with Crippen LogP contribution in [0.25, 0.3) is 0 Å². The van der Waals surface area contributed by atoms with E-state index in [9.17, 15) is 14.4 Å². The van der Waals surface area contributed by atoms with Crippen LogP contribution in [0.2, 0.25) is 0 Å². The molecule has 1 aromatic rings. The lowest BCUT2D eigenvalue weighted by Crippen LogP contribution is -2.47. The lowest BCUT2D eigenvalue weighted by atomic mass is 9.97. The Balaban J connectivity index is 1.85. The molecule has 0 aliphatic carbocycles. The Hall–Kier alpha value is -2.41. The summed E-state index contributed by atoms with van der Waals surface area (Å²) in [6.45, 7) is 5.14. The Bertz CT molecular complexity index is 669. The van der Waals surface area contributed by atoms with Crippen molar-refractivity contribution in [2.45, 2.75) is 26.7 Å². The molecule has 1 aromatic carbocycles. The van der Waals surface area contributed by atoms with Crippen LogP contribution in [-0.2, 0) is 14.4 Å². The van der Waals surface area contributed by atoms with Gasteiger partial charge in [0.25, 0.3) is 0 Å². The standard InChI is InChI=1S/C19H28N4O3/c1-13-6-4-7-14(2)18(13)21-16(24)11-22(3)12-17(25)23-9-5-8-15(10-23)19(20)26/h4,6-7,15H,5,8-12H2,1-3H3,(H2,20,26)(H,21,24)/t15-/m1/s1. The average Bonchev–Trinajstić information content (AvgIpc) is 2.58. The molecular weight excluding hydrogens is 332 g/mol. The van der Waals surface area contributed by atoms with Crippen LogP contribution in [0.3, 0.4) is 0 Å². The number of primary amides is 1. The van der Waals surface area contributed by atoms with Crippen molar-refractivity contribution >= 4 is 23.4 Å². The number of para-hydroxylation sites is 1. The molecular formula is C19H28N4O3. The van der Waals surface area contributed by atoms with Gasteiger partial charge in [-0.1, -0.05) is 18.2 Å². The van der Waals surface area contributed by atoms with Crippen molar-refractivity contribution in [1.29, 1.82) is 0 Å². The number of rotatable bonds is 6. The number of anilines is 1. The smallest absolute Gasteiger partial charge is 0.238 e. The maximum absolute atomic E-state index is 12.4. The van der Waals surface area contributed by atoms with E-state index < -0.39 is 0 Å². The number of aryl methyl sites for hydroxylation is 2. The highest BCUT2D eigenvalue weighted by atomic mass is 16.2. The number of hydrogen-bond acceptors (Lipinski definition) is 4. The Morgan fingerprint density at radius 3 is 2.50 bits per heavy atom. The molecule has 0 unspecified atom stereocenters. The first-order valence-corrected chi connectivity index (χ1v) is 8.89. The van der Waals surface area contributed by atoms with Gasteiger partial charge in [-0.25, -0.2) is 0 Å². The van der Waals surface area contributed by atoms with E-state index in [0.717, 1.165) is 29.7 Å². The van der Waals surface area contributed by atoms with Crippen LogP contribution in [0.15, 0.2) is 18.2 Å². The topological polar surface area (TPSA) is 95.7 Å². The summed E-state index contributed by atoms with van der Waals surface area (Å²) in [5, 5.41) is 2.92. The molecule has 0 spiro atoms. The summed E-state index contributed by atoms with van der Waals surface area (Å²) >= 11 is 0. The predicted octanol–water partition coefficient (Wildman–Crippen LogP) is 0.898. The largest absolute Gasteiger partial charge is 0.369 e. The molecule has 1 fully saturated rings. The van der Waals surface area contributed by atoms with E-state index in [-0.39, 0.29) is 36.7 Å². The van der Waals surface area contributed by atoms with Gasteiger partial charge >= 0.3 is 0 Å². The maximum atomic E-state index is 12.4. The van der Waals surface area contributed by atoms with Crippen molar-refractivity contribution in [2.75, 3.05) is 38.5 Å². The van der Waals surface area contributed by atoms with E-state index in [1.54, 1.807) is 16.8 Å². The second kappa shape index (κ2) is 8.80. The predicted molar refractivity (Wildman–Crippen MR) is 101 cm³/mol. The number of piperidine rings is 1. The molecule has 1 atom stereocenters. The first-order chi connectivity index (χ1) is 12.3. The zero-order valence-electron chi connectivity index (χ0n) is 15.7. The van der Waals surface area contributed by atoms with Crippen molar-refractivity contribution in [1.82, 2.24) is 9.80 Å². The van der Waals surface area contributed by atoms with Crippen molar-refractivity contribution < 1.29 is 14.4 Å². The van der Waals surface area contributed by atoms with E-state index >= 15 is 0 Å². The summed E-state index contributed by atoms with van der Waals surface area (Å²) in [6.07, 6.45) is 1.50. The number of carbonyl (C=O) groups excluding carboxylic acids is 3. The molecule has 0 saturated carbocycles. The van der Waals surface area contributed by atoms with E-state index in [1.165, 1.54) is 0 Å². The van der Waals surface area contributed by atoms with Gasteiger partial charge in [0, 0.05) is 18.8 Å². The highest BCUT2D eigenvalue weighted by Gasteiger charge is 2.27. The highest BCUT2D eigenvalue weighted by molar-refractivity contribution is 5.94. The molecule has 2 rings (SSSR count). The molecule has 0 bridgehead atoms. The molecule has 1 heterocycles. The van der Waals surface area contributed by atoms with Crippen molar-refractivity contribution in [2.24, 2.45) is 11.7 Å². The van der Waals surface area contributed by atoms with Gasteiger partial charge in [-0.15, -0.1) is 0 Å². The van der Waals surface area contributed by atoms with Crippen molar-refractivity contribution in [3.8, 4) is 0 Å². The number of benzene rings is 1.